The lowest BCUT2D eigenvalue weighted by Crippen LogP contribution is -2.29. The van der Waals surface area contributed by atoms with E-state index in [1.165, 1.54) is 67.1 Å². The number of likely N-dealkylation sites (tertiary alicyclic amines) is 1. The summed E-state index contributed by atoms with van der Waals surface area (Å²) in [5.74, 6) is 0. The van der Waals surface area contributed by atoms with Crippen LogP contribution in [-0.2, 0) is 13.1 Å². The summed E-state index contributed by atoms with van der Waals surface area (Å²) in [6, 6.07) is 8.79. The van der Waals surface area contributed by atoms with Gasteiger partial charge in [0.05, 0.1) is 12.2 Å². The highest BCUT2D eigenvalue weighted by molar-refractivity contribution is 5.27. The zero-order valence-electron chi connectivity index (χ0n) is 15.8. The van der Waals surface area contributed by atoms with Gasteiger partial charge in [-0.1, -0.05) is 29.8 Å². The molecule has 2 aliphatic heterocycles. The number of benzene rings is 1. The highest BCUT2D eigenvalue weighted by atomic mass is 15.3. The number of aryl methyl sites for hydroxylation is 2. The predicted octanol–water partition coefficient (Wildman–Crippen LogP) is 3.04. The molecule has 1 spiro atoms. The van der Waals surface area contributed by atoms with Crippen LogP contribution in [0.5, 0.6) is 0 Å². The summed E-state index contributed by atoms with van der Waals surface area (Å²) >= 11 is 0. The van der Waals surface area contributed by atoms with E-state index in [9.17, 15) is 0 Å². The van der Waals surface area contributed by atoms with E-state index in [0.29, 0.717) is 5.41 Å². The Balaban J connectivity index is 1.47. The first kappa shape index (κ1) is 16.8. The van der Waals surface area contributed by atoms with Crippen molar-refractivity contribution in [3.05, 3.63) is 52.3 Å². The molecule has 1 N–H and O–H groups in total. The Kier molecular flexibility index (Phi) is 4.42. The van der Waals surface area contributed by atoms with Crippen molar-refractivity contribution in [2.45, 2.75) is 46.7 Å². The van der Waals surface area contributed by atoms with E-state index in [1.807, 2.05) is 0 Å². The molecule has 0 radical (unpaired) electrons. The lowest BCUT2D eigenvalue weighted by Gasteiger charge is -2.23. The van der Waals surface area contributed by atoms with Gasteiger partial charge in [-0.15, -0.1) is 0 Å². The number of nitrogens with zero attached hydrogens (tertiary/aromatic N) is 3. The fourth-order valence-corrected chi connectivity index (χ4v) is 4.51. The average Bonchev–Trinajstić information content (AvgIpc) is 3.28. The number of aromatic nitrogens is 2. The van der Waals surface area contributed by atoms with Crippen molar-refractivity contribution >= 4 is 0 Å². The van der Waals surface area contributed by atoms with Gasteiger partial charge in [0.2, 0.25) is 0 Å². The lowest BCUT2D eigenvalue weighted by molar-refractivity contribution is 0.268. The van der Waals surface area contributed by atoms with Gasteiger partial charge in [0.15, 0.2) is 0 Å². The van der Waals surface area contributed by atoms with E-state index < -0.39 is 0 Å². The quantitative estimate of drug-likeness (QED) is 0.930. The molecule has 4 nitrogen and oxygen atoms in total. The van der Waals surface area contributed by atoms with Gasteiger partial charge in [0.25, 0.3) is 0 Å². The van der Waals surface area contributed by atoms with Crippen molar-refractivity contribution in [2.75, 3.05) is 26.2 Å². The molecule has 0 aliphatic carbocycles. The summed E-state index contributed by atoms with van der Waals surface area (Å²) < 4.78 is 2.18. The molecule has 2 aliphatic rings. The molecule has 1 unspecified atom stereocenters. The Hall–Kier alpha value is -1.65. The van der Waals surface area contributed by atoms with E-state index in [4.69, 9.17) is 5.10 Å². The topological polar surface area (TPSA) is 33.1 Å². The van der Waals surface area contributed by atoms with Crippen molar-refractivity contribution in [3.8, 4) is 0 Å². The summed E-state index contributed by atoms with van der Waals surface area (Å²) in [4.78, 5) is 2.64. The zero-order chi connectivity index (χ0) is 17.4. The Morgan fingerprint density at radius 2 is 1.88 bits per heavy atom. The van der Waals surface area contributed by atoms with E-state index in [2.05, 4.69) is 59.9 Å². The minimum atomic E-state index is 0.541. The van der Waals surface area contributed by atoms with Gasteiger partial charge in [-0.25, -0.2) is 0 Å². The minimum absolute atomic E-state index is 0.541. The van der Waals surface area contributed by atoms with Crippen LogP contribution in [-0.4, -0.2) is 40.9 Å². The first-order chi connectivity index (χ1) is 12.0. The Bertz CT molecular complexity index is 738. The monoisotopic (exact) mass is 338 g/mol. The highest BCUT2D eigenvalue weighted by Gasteiger charge is 2.40. The first-order valence-electron chi connectivity index (χ1n) is 9.56. The molecule has 0 amide bonds. The van der Waals surface area contributed by atoms with E-state index in [0.717, 1.165) is 13.1 Å². The molecule has 4 heteroatoms. The van der Waals surface area contributed by atoms with Gasteiger partial charge in [0, 0.05) is 30.9 Å². The molecule has 1 atom stereocenters. The minimum Gasteiger partial charge on any atom is -0.316 e. The van der Waals surface area contributed by atoms with Crippen molar-refractivity contribution in [1.29, 1.82) is 0 Å². The second-order valence-corrected chi connectivity index (χ2v) is 8.18. The molecule has 0 saturated carbocycles. The maximum atomic E-state index is 4.84. The predicted molar refractivity (Wildman–Crippen MR) is 102 cm³/mol. The molecular weight excluding hydrogens is 308 g/mol. The fraction of sp³-hybridized carbons (Fsp3) is 0.571. The summed E-state index contributed by atoms with van der Waals surface area (Å²) in [6.07, 6.45) is 2.68. The molecule has 0 bridgehead atoms. The Labute approximate surface area is 151 Å². The number of hydrogen-bond donors (Lipinski definition) is 1. The third-order valence-corrected chi connectivity index (χ3v) is 6.22. The lowest BCUT2D eigenvalue weighted by atomic mass is 9.86. The standard InChI is InChI=1S/C21H30N4/c1-16-4-6-19(7-5-16)12-25-18(3)20(17(2)23-25)13-24-11-9-21(15-24)8-10-22-14-21/h4-7,22H,8-15H2,1-3H3. The fourth-order valence-electron chi connectivity index (χ4n) is 4.51. The second-order valence-electron chi connectivity index (χ2n) is 8.18. The molecule has 1 aromatic heterocycles. The molecule has 1 aromatic carbocycles. The summed E-state index contributed by atoms with van der Waals surface area (Å²) in [6.45, 7) is 13.3. The number of hydrogen-bond acceptors (Lipinski definition) is 3. The zero-order valence-corrected chi connectivity index (χ0v) is 15.8. The molecule has 4 rings (SSSR count). The second kappa shape index (κ2) is 6.58. The van der Waals surface area contributed by atoms with Crippen LogP contribution in [0, 0.1) is 26.2 Å². The van der Waals surface area contributed by atoms with Gasteiger partial charge >= 0.3 is 0 Å². The first-order valence-corrected chi connectivity index (χ1v) is 9.56. The van der Waals surface area contributed by atoms with Crippen molar-refractivity contribution in [3.63, 3.8) is 0 Å². The van der Waals surface area contributed by atoms with Crippen LogP contribution in [0.1, 0.15) is 40.9 Å². The highest BCUT2D eigenvalue weighted by Crippen LogP contribution is 2.37. The van der Waals surface area contributed by atoms with Crippen molar-refractivity contribution in [1.82, 2.24) is 20.0 Å². The number of nitrogens with one attached hydrogen (secondary N) is 1. The van der Waals surface area contributed by atoms with Gasteiger partial charge in [-0.2, -0.15) is 5.10 Å². The normalized spacial score (nSPS) is 23.8. The maximum Gasteiger partial charge on any atom is 0.0662 e. The molecule has 2 aromatic rings. The SMILES string of the molecule is Cc1ccc(Cn2nc(C)c(CN3CCC4(CCNC4)C3)c2C)cc1. The summed E-state index contributed by atoms with van der Waals surface area (Å²) in [5, 5.41) is 8.39. The van der Waals surface area contributed by atoms with Gasteiger partial charge in [0.1, 0.15) is 0 Å². The largest absolute Gasteiger partial charge is 0.316 e. The smallest absolute Gasteiger partial charge is 0.0662 e. The van der Waals surface area contributed by atoms with Gasteiger partial charge < -0.3 is 5.32 Å². The molecule has 134 valence electrons. The van der Waals surface area contributed by atoms with Gasteiger partial charge in [-0.3, -0.25) is 9.58 Å². The van der Waals surface area contributed by atoms with Crippen LogP contribution in [0.15, 0.2) is 24.3 Å². The van der Waals surface area contributed by atoms with Crippen LogP contribution in [0.3, 0.4) is 0 Å². The van der Waals surface area contributed by atoms with Crippen molar-refractivity contribution in [2.24, 2.45) is 5.41 Å². The van der Waals surface area contributed by atoms with Gasteiger partial charge in [-0.05, 0) is 57.7 Å². The molecule has 2 saturated heterocycles. The van der Waals surface area contributed by atoms with Crippen LogP contribution in [0.2, 0.25) is 0 Å². The van der Waals surface area contributed by atoms with Crippen LogP contribution in [0.25, 0.3) is 0 Å². The van der Waals surface area contributed by atoms with Crippen LogP contribution < -0.4 is 5.32 Å². The van der Waals surface area contributed by atoms with Crippen molar-refractivity contribution < 1.29 is 0 Å². The molecule has 3 heterocycles. The number of rotatable bonds is 4. The van der Waals surface area contributed by atoms with Crippen LogP contribution >= 0.6 is 0 Å². The average molecular weight is 338 g/mol. The molecule has 2 fully saturated rings. The Morgan fingerprint density at radius 1 is 1.08 bits per heavy atom. The van der Waals surface area contributed by atoms with E-state index in [-0.39, 0.29) is 0 Å². The van der Waals surface area contributed by atoms with E-state index in [1.54, 1.807) is 0 Å². The van der Waals surface area contributed by atoms with E-state index >= 15 is 0 Å². The molecule has 25 heavy (non-hydrogen) atoms. The summed E-state index contributed by atoms with van der Waals surface area (Å²) in [7, 11) is 0. The van der Waals surface area contributed by atoms with Crippen LogP contribution in [0.4, 0.5) is 0 Å². The molecular formula is C21H30N4. The Morgan fingerprint density at radius 3 is 2.60 bits per heavy atom. The maximum absolute atomic E-state index is 4.84. The third-order valence-electron chi connectivity index (χ3n) is 6.22. The summed E-state index contributed by atoms with van der Waals surface area (Å²) in [5.41, 5.74) is 7.11. The third kappa shape index (κ3) is 3.38.